The Morgan fingerprint density at radius 2 is 2.22 bits per heavy atom. The minimum absolute atomic E-state index is 0. The zero-order valence-electron chi connectivity index (χ0n) is 5.81. The van der Waals surface area contributed by atoms with Gasteiger partial charge in [-0.3, -0.25) is 0 Å². The van der Waals surface area contributed by atoms with Crippen molar-refractivity contribution in [2.24, 2.45) is 5.41 Å². The van der Waals surface area contributed by atoms with Crippen LogP contribution in [-0.2, 0) is 4.74 Å². The van der Waals surface area contributed by atoms with Gasteiger partial charge in [0, 0.05) is 0 Å². The number of terminal acetylenes is 1. The third kappa shape index (κ3) is 1.24. The quantitative estimate of drug-likeness (QED) is 0.538. The topological polar surface area (TPSA) is 44.2 Å². The fourth-order valence-electron chi connectivity index (χ4n) is 0.738. The Balaban J connectivity index is 0.000000640. The van der Waals surface area contributed by atoms with Gasteiger partial charge < -0.3 is 10.9 Å². The highest BCUT2D eigenvalue weighted by molar-refractivity contribution is 5.08. The molecule has 1 aliphatic heterocycles. The first kappa shape index (κ1) is 8.48. The second kappa shape index (κ2) is 2.86. The molecule has 0 aliphatic carbocycles. The molecule has 1 rings (SSSR count). The number of ether oxygens (including phenoxy) is 1. The summed E-state index contributed by atoms with van der Waals surface area (Å²) in [6, 6.07) is 0. The molecule has 0 unspecified atom stereocenters. The van der Waals surface area contributed by atoms with Crippen LogP contribution in [0.1, 0.15) is 13.3 Å². The molecule has 1 heterocycles. The fourth-order valence-corrected chi connectivity index (χ4v) is 0.738. The molecule has 9 heavy (non-hydrogen) atoms. The van der Waals surface area contributed by atoms with Crippen molar-refractivity contribution in [2.45, 2.75) is 13.3 Å². The summed E-state index contributed by atoms with van der Waals surface area (Å²) in [5.41, 5.74) is 0.111. The van der Waals surface area contributed by atoms with E-state index in [1.165, 1.54) is 0 Å². The van der Waals surface area contributed by atoms with Gasteiger partial charge in [0.05, 0.1) is 18.6 Å². The van der Waals surface area contributed by atoms with Crippen LogP contribution in [0.15, 0.2) is 0 Å². The molecule has 1 fully saturated rings. The number of hydrogen-bond donors (Lipinski definition) is 1. The number of hydrogen-bond acceptors (Lipinski definition) is 2. The van der Waals surface area contributed by atoms with E-state index in [0.29, 0.717) is 0 Å². The van der Waals surface area contributed by atoms with Crippen LogP contribution in [0.3, 0.4) is 0 Å². The Morgan fingerprint density at radius 1 is 1.67 bits per heavy atom. The maximum absolute atomic E-state index is 5.25. The van der Waals surface area contributed by atoms with Crippen molar-refractivity contribution in [3.63, 3.8) is 0 Å². The summed E-state index contributed by atoms with van der Waals surface area (Å²) >= 11 is 0. The van der Waals surface area contributed by atoms with E-state index < -0.39 is 0 Å². The van der Waals surface area contributed by atoms with Gasteiger partial charge in [0.15, 0.2) is 0 Å². The molecule has 0 aromatic carbocycles. The average Bonchev–Trinajstić information content (AvgIpc) is 1.67. The van der Waals surface area contributed by atoms with Crippen LogP contribution in [0.2, 0.25) is 0 Å². The van der Waals surface area contributed by atoms with E-state index in [0.717, 1.165) is 19.6 Å². The Labute approximate surface area is 56.2 Å². The summed E-state index contributed by atoms with van der Waals surface area (Å²) in [7, 11) is 0. The molecule has 0 radical (unpaired) electrons. The van der Waals surface area contributed by atoms with E-state index in [4.69, 9.17) is 11.2 Å². The molecular formula is C7H13NO. The van der Waals surface area contributed by atoms with Crippen LogP contribution in [-0.4, -0.2) is 13.2 Å². The summed E-state index contributed by atoms with van der Waals surface area (Å²) in [6.45, 7) is 3.63. The van der Waals surface area contributed by atoms with Gasteiger partial charge in [0.1, 0.15) is 0 Å². The lowest BCUT2D eigenvalue weighted by atomic mass is 9.84. The Morgan fingerprint density at radius 3 is 2.22 bits per heavy atom. The molecule has 3 N–H and O–H groups in total. The van der Waals surface area contributed by atoms with E-state index in [9.17, 15) is 0 Å². The predicted molar refractivity (Wildman–Crippen MR) is 37.4 cm³/mol. The molecule has 2 heteroatoms. The second-order valence-electron chi connectivity index (χ2n) is 2.27. The standard InChI is InChI=1S/C7H10O.H3N/c1-3-7(4-2)5-8-6-7;/h1H,4-6H2,2H3;1H3. The van der Waals surface area contributed by atoms with Crippen molar-refractivity contribution in [3.05, 3.63) is 0 Å². The lowest BCUT2D eigenvalue weighted by Gasteiger charge is -2.35. The maximum atomic E-state index is 5.25. The molecule has 2 nitrogen and oxygen atoms in total. The summed E-state index contributed by atoms with van der Waals surface area (Å²) < 4.78 is 4.98. The van der Waals surface area contributed by atoms with Crippen molar-refractivity contribution < 1.29 is 4.74 Å². The minimum Gasteiger partial charge on any atom is -0.378 e. The van der Waals surface area contributed by atoms with Gasteiger partial charge in [-0.15, -0.1) is 6.42 Å². The van der Waals surface area contributed by atoms with Crippen molar-refractivity contribution >= 4 is 0 Å². The predicted octanol–water partition coefficient (Wildman–Crippen LogP) is 1.21. The van der Waals surface area contributed by atoms with Crippen LogP contribution < -0.4 is 6.15 Å². The summed E-state index contributed by atoms with van der Waals surface area (Å²) in [6.07, 6.45) is 6.29. The third-order valence-corrected chi connectivity index (χ3v) is 1.74. The summed E-state index contributed by atoms with van der Waals surface area (Å²) in [5.74, 6) is 2.74. The normalized spacial score (nSPS) is 20.9. The number of rotatable bonds is 1. The van der Waals surface area contributed by atoms with Gasteiger partial charge in [0.2, 0.25) is 0 Å². The van der Waals surface area contributed by atoms with Gasteiger partial charge in [-0.1, -0.05) is 12.8 Å². The van der Waals surface area contributed by atoms with Crippen molar-refractivity contribution in [2.75, 3.05) is 13.2 Å². The second-order valence-corrected chi connectivity index (χ2v) is 2.27. The molecule has 52 valence electrons. The van der Waals surface area contributed by atoms with Crippen LogP contribution >= 0.6 is 0 Å². The Bertz CT molecular complexity index is 116. The highest BCUT2D eigenvalue weighted by Crippen LogP contribution is 2.29. The van der Waals surface area contributed by atoms with E-state index in [1.807, 2.05) is 0 Å². The average molecular weight is 127 g/mol. The highest BCUT2D eigenvalue weighted by Gasteiger charge is 2.34. The van der Waals surface area contributed by atoms with Crippen LogP contribution in [0.5, 0.6) is 0 Å². The summed E-state index contributed by atoms with van der Waals surface area (Å²) in [5, 5.41) is 0. The van der Waals surface area contributed by atoms with Gasteiger partial charge in [-0.2, -0.15) is 0 Å². The fraction of sp³-hybridized carbons (Fsp3) is 0.714. The zero-order valence-corrected chi connectivity index (χ0v) is 5.81. The van der Waals surface area contributed by atoms with E-state index in [1.54, 1.807) is 0 Å². The highest BCUT2D eigenvalue weighted by atomic mass is 16.5. The SMILES string of the molecule is C#CC1(CC)COC1.N. The molecule has 1 aliphatic rings. The molecule has 0 spiro atoms. The molecule has 0 aromatic heterocycles. The lowest BCUT2D eigenvalue weighted by molar-refractivity contribution is -0.0774. The van der Waals surface area contributed by atoms with E-state index >= 15 is 0 Å². The first-order valence-corrected chi connectivity index (χ1v) is 2.88. The molecule has 1 saturated heterocycles. The maximum Gasteiger partial charge on any atom is 0.0775 e. The summed E-state index contributed by atoms with van der Waals surface area (Å²) in [4.78, 5) is 0. The van der Waals surface area contributed by atoms with Gasteiger partial charge in [-0.25, -0.2) is 0 Å². The third-order valence-electron chi connectivity index (χ3n) is 1.74. The monoisotopic (exact) mass is 127 g/mol. The molecule has 0 amide bonds. The van der Waals surface area contributed by atoms with E-state index in [-0.39, 0.29) is 11.6 Å². The molecule has 0 bridgehead atoms. The van der Waals surface area contributed by atoms with Gasteiger partial charge >= 0.3 is 0 Å². The van der Waals surface area contributed by atoms with Gasteiger partial charge in [-0.05, 0) is 6.42 Å². The Kier molecular flexibility index (Phi) is 2.69. The van der Waals surface area contributed by atoms with Crippen LogP contribution in [0, 0.1) is 17.8 Å². The van der Waals surface area contributed by atoms with Crippen molar-refractivity contribution in [1.82, 2.24) is 6.15 Å². The first-order valence-electron chi connectivity index (χ1n) is 2.88. The minimum atomic E-state index is 0. The van der Waals surface area contributed by atoms with Crippen molar-refractivity contribution in [1.29, 1.82) is 0 Å². The van der Waals surface area contributed by atoms with Crippen LogP contribution in [0.25, 0.3) is 0 Å². The zero-order chi connectivity index (χ0) is 6.04. The van der Waals surface area contributed by atoms with Crippen molar-refractivity contribution in [3.8, 4) is 12.3 Å². The molecule has 0 saturated carbocycles. The van der Waals surface area contributed by atoms with Crippen LogP contribution in [0.4, 0.5) is 0 Å². The first-order chi connectivity index (χ1) is 3.83. The smallest absolute Gasteiger partial charge is 0.0775 e. The van der Waals surface area contributed by atoms with E-state index in [2.05, 4.69) is 12.8 Å². The molecule has 0 aromatic rings. The lowest BCUT2D eigenvalue weighted by Crippen LogP contribution is -2.40. The molecular weight excluding hydrogens is 114 g/mol. The van der Waals surface area contributed by atoms with Gasteiger partial charge in [0.25, 0.3) is 0 Å². The molecule has 0 atom stereocenters. The Hall–Kier alpha value is -0.520. The largest absolute Gasteiger partial charge is 0.378 e.